The predicted molar refractivity (Wildman–Crippen MR) is 55.0 cm³/mol. The Hall–Kier alpha value is -0.610. The van der Waals surface area contributed by atoms with Gasteiger partial charge in [0.1, 0.15) is 0 Å². The van der Waals surface area contributed by atoms with Gasteiger partial charge in [0.15, 0.2) is 0 Å². The van der Waals surface area contributed by atoms with E-state index in [1.165, 1.54) is 0 Å². The van der Waals surface area contributed by atoms with Gasteiger partial charge in [-0.05, 0) is 12.3 Å². The normalized spacial score (nSPS) is 25.6. The van der Waals surface area contributed by atoms with Crippen molar-refractivity contribution < 1.29 is 9.90 Å². The first-order valence-corrected chi connectivity index (χ1v) is 5.22. The SMILES string of the molecule is CC(C)C(CC(=O)O)N1CCC(N)C1. The van der Waals surface area contributed by atoms with Crippen LogP contribution in [0.2, 0.25) is 0 Å². The highest BCUT2D eigenvalue weighted by Crippen LogP contribution is 2.19. The van der Waals surface area contributed by atoms with Gasteiger partial charge in [-0.1, -0.05) is 13.8 Å². The third kappa shape index (κ3) is 2.96. The molecule has 0 aromatic carbocycles. The molecular formula is C10H20N2O2. The molecule has 0 saturated carbocycles. The number of carboxylic acid groups (broad SMARTS) is 1. The van der Waals surface area contributed by atoms with Crippen LogP contribution in [0.25, 0.3) is 0 Å². The molecule has 1 saturated heterocycles. The Bertz CT molecular complexity index is 206. The first-order chi connectivity index (χ1) is 6.50. The molecule has 0 aliphatic carbocycles. The molecule has 0 aromatic heterocycles. The summed E-state index contributed by atoms with van der Waals surface area (Å²) in [5.74, 6) is -0.347. The summed E-state index contributed by atoms with van der Waals surface area (Å²) in [6.07, 6.45) is 1.22. The fourth-order valence-corrected chi connectivity index (χ4v) is 2.08. The lowest BCUT2D eigenvalue weighted by atomic mass is 9.99. The molecule has 0 spiro atoms. The van der Waals surface area contributed by atoms with Crippen LogP contribution in [0.1, 0.15) is 26.7 Å². The second kappa shape index (κ2) is 4.75. The third-order valence-electron chi connectivity index (χ3n) is 2.88. The van der Waals surface area contributed by atoms with Crippen LogP contribution in [0.15, 0.2) is 0 Å². The number of nitrogens with two attached hydrogens (primary N) is 1. The molecular weight excluding hydrogens is 180 g/mol. The molecule has 1 rings (SSSR count). The third-order valence-corrected chi connectivity index (χ3v) is 2.88. The van der Waals surface area contributed by atoms with Gasteiger partial charge in [-0.15, -0.1) is 0 Å². The van der Waals surface area contributed by atoms with Crippen molar-refractivity contribution in [1.82, 2.24) is 4.90 Å². The van der Waals surface area contributed by atoms with Crippen molar-refractivity contribution in [1.29, 1.82) is 0 Å². The number of hydrogen-bond acceptors (Lipinski definition) is 3. The van der Waals surface area contributed by atoms with Gasteiger partial charge in [0.2, 0.25) is 0 Å². The maximum Gasteiger partial charge on any atom is 0.304 e. The van der Waals surface area contributed by atoms with Crippen molar-refractivity contribution in [2.45, 2.75) is 38.8 Å². The zero-order chi connectivity index (χ0) is 10.7. The van der Waals surface area contributed by atoms with Gasteiger partial charge < -0.3 is 10.8 Å². The fourth-order valence-electron chi connectivity index (χ4n) is 2.08. The molecule has 82 valence electrons. The second-order valence-corrected chi connectivity index (χ2v) is 4.45. The van der Waals surface area contributed by atoms with E-state index in [1.807, 2.05) is 0 Å². The summed E-state index contributed by atoms with van der Waals surface area (Å²) in [6.45, 7) is 5.92. The van der Waals surface area contributed by atoms with Crippen molar-refractivity contribution in [3.05, 3.63) is 0 Å². The van der Waals surface area contributed by atoms with Crippen LogP contribution in [0.5, 0.6) is 0 Å². The Labute approximate surface area is 85.1 Å². The summed E-state index contributed by atoms with van der Waals surface area (Å²) >= 11 is 0. The number of carbonyl (C=O) groups is 1. The highest BCUT2D eigenvalue weighted by atomic mass is 16.4. The highest BCUT2D eigenvalue weighted by molar-refractivity contribution is 5.67. The van der Waals surface area contributed by atoms with E-state index in [0.717, 1.165) is 19.5 Å². The summed E-state index contributed by atoms with van der Waals surface area (Å²) in [7, 11) is 0. The summed E-state index contributed by atoms with van der Waals surface area (Å²) in [5, 5.41) is 8.80. The number of likely N-dealkylation sites (tertiary alicyclic amines) is 1. The standard InChI is InChI=1S/C10H20N2O2/c1-7(2)9(5-10(13)14)12-4-3-8(11)6-12/h7-9H,3-6,11H2,1-2H3,(H,13,14). The monoisotopic (exact) mass is 200 g/mol. The van der Waals surface area contributed by atoms with Crippen molar-refractivity contribution in [2.24, 2.45) is 11.7 Å². The van der Waals surface area contributed by atoms with Gasteiger partial charge in [0, 0.05) is 25.2 Å². The van der Waals surface area contributed by atoms with Crippen molar-refractivity contribution in [2.75, 3.05) is 13.1 Å². The molecule has 3 N–H and O–H groups in total. The molecule has 2 atom stereocenters. The lowest BCUT2D eigenvalue weighted by Gasteiger charge is -2.29. The molecule has 0 bridgehead atoms. The average Bonchev–Trinajstić information content (AvgIpc) is 2.46. The van der Waals surface area contributed by atoms with Gasteiger partial charge in [-0.25, -0.2) is 0 Å². The summed E-state index contributed by atoms with van der Waals surface area (Å²) in [5.41, 5.74) is 5.80. The van der Waals surface area contributed by atoms with E-state index in [-0.39, 0.29) is 18.5 Å². The maximum absolute atomic E-state index is 10.7. The van der Waals surface area contributed by atoms with Gasteiger partial charge >= 0.3 is 5.97 Å². The molecule has 0 aromatic rings. The van der Waals surface area contributed by atoms with E-state index >= 15 is 0 Å². The summed E-state index contributed by atoms with van der Waals surface area (Å²) in [6, 6.07) is 0.367. The van der Waals surface area contributed by atoms with E-state index in [9.17, 15) is 4.79 Å². The Morgan fingerprint density at radius 1 is 1.64 bits per heavy atom. The highest BCUT2D eigenvalue weighted by Gasteiger charge is 2.29. The van der Waals surface area contributed by atoms with E-state index in [2.05, 4.69) is 18.7 Å². The van der Waals surface area contributed by atoms with Crippen LogP contribution in [0.4, 0.5) is 0 Å². The molecule has 4 heteroatoms. The smallest absolute Gasteiger partial charge is 0.304 e. The van der Waals surface area contributed by atoms with Crippen LogP contribution < -0.4 is 5.73 Å². The fraction of sp³-hybridized carbons (Fsp3) is 0.900. The molecule has 4 nitrogen and oxygen atoms in total. The quantitative estimate of drug-likeness (QED) is 0.694. The van der Waals surface area contributed by atoms with Crippen molar-refractivity contribution in [3.63, 3.8) is 0 Å². The zero-order valence-electron chi connectivity index (χ0n) is 8.94. The van der Waals surface area contributed by atoms with Crippen LogP contribution in [0.3, 0.4) is 0 Å². The molecule has 2 unspecified atom stereocenters. The van der Waals surface area contributed by atoms with Crippen LogP contribution in [-0.2, 0) is 4.79 Å². The maximum atomic E-state index is 10.7. The first-order valence-electron chi connectivity index (χ1n) is 5.22. The molecule has 1 aliphatic heterocycles. The first kappa shape index (κ1) is 11.5. The van der Waals surface area contributed by atoms with E-state index < -0.39 is 5.97 Å². The molecule has 0 radical (unpaired) electrons. The predicted octanol–water partition coefficient (Wildman–Crippen LogP) is 0.519. The van der Waals surface area contributed by atoms with Crippen LogP contribution >= 0.6 is 0 Å². The number of hydrogen-bond donors (Lipinski definition) is 2. The average molecular weight is 200 g/mol. The van der Waals surface area contributed by atoms with E-state index in [1.54, 1.807) is 0 Å². The Morgan fingerprint density at radius 3 is 2.64 bits per heavy atom. The Balaban J connectivity index is 2.54. The summed E-state index contributed by atoms with van der Waals surface area (Å²) in [4.78, 5) is 12.9. The second-order valence-electron chi connectivity index (χ2n) is 4.45. The lowest BCUT2D eigenvalue weighted by Crippen LogP contribution is -2.40. The minimum absolute atomic E-state index is 0.140. The zero-order valence-corrected chi connectivity index (χ0v) is 8.94. The molecule has 1 aliphatic rings. The van der Waals surface area contributed by atoms with Gasteiger partial charge in [-0.3, -0.25) is 9.69 Å². The minimum Gasteiger partial charge on any atom is -0.481 e. The number of aliphatic carboxylic acids is 1. The van der Waals surface area contributed by atoms with Gasteiger partial charge in [0.25, 0.3) is 0 Å². The minimum atomic E-state index is -0.718. The molecule has 14 heavy (non-hydrogen) atoms. The molecule has 1 fully saturated rings. The largest absolute Gasteiger partial charge is 0.481 e. The van der Waals surface area contributed by atoms with E-state index in [4.69, 9.17) is 10.8 Å². The van der Waals surface area contributed by atoms with Crippen LogP contribution in [0, 0.1) is 5.92 Å². The number of rotatable bonds is 4. The summed E-state index contributed by atoms with van der Waals surface area (Å²) < 4.78 is 0. The van der Waals surface area contributed by atoms with Gasteiger partial charge in [-0.2, -0.15) is 0 Å². The topological polar surface area (TPSA) is 66.6 Å². The molecule has 1 heterocycles. The van der Waals surface area contributed by atoms with Crippen molar-refractivity contribution in [3.8, 4) is 0 Å². The number of nitrogens with zero attached hydrogens (tertiary/aromatic N) is 1. The Morgan fingerprint density at radius 2 is 2.29 bits per heavy atom. The van der Waals surface area contributed by atoms with Crippen molar-refractivity contribution >= 4 is 5.97 Å². The Kier molecular flexibility index (Phi) is 3.89. The van der Waals surface area contributed by atoms with Gasteiger partial charge in [0.05, 0.1) is 6.42 Å². The van der Waals surface area contributed by atoms with Crippen LogP contribution in [-0.4, -0.2) is 41.1 Å². The van der Waals surface area contributed by atoms with E-state index in [0.29, 0.717) is 5.92 Å². The molecule has 0 amide bonds. The number of carboxylic acids is 1. The lowest BCUT2D eigenvalue weighted by molar-refractivity contribution is -0.138.